The maximum Gasteiger partial charge on any atom is 0.180 e. The topological polar surface area (TPSA) is 46.8 Å². The van der Waals surface area contributed by atoms with Gasteiger partial charge in [-0.15, -0.1) is 0 Å². The highest BCUT2D eigenvalue weighted by atomic mass is 16.5. The molecule has 3 rings (SSSR count). The summed E-state index contributed by atoms with van der Waals surface area (Å²) in [6.45, 7) is 0. The number of methoxy groups -OCH3 is 1. The van der Waals surface area contributed by atoms with Crippen LogP contribution in [0.1, 0.15) is 0 Å². The zero-order valence-electron chi connectivity index (χ0n) is 9.87. The Balaban J connectivity index is 2.19. The lowest BCUT2D eigenvalue weighted by molar-refractivity contribution is 0.417. The smallest absolute Gasteiger partial charge is 0.180 e. The van der Waals surface area contributed by atoms with Crippen LogP contribution in [0.25, 0.3) is 16.9 Å². The lowest BCUT2D eigenvalue weighted by Gasteiger charge is -1.99. The van der Waals surface area contributed by atoms with E-state index in [-0.39, 0.29) is 5.75 Å². The summed E-state index contributed by atoms with van der Waals surface area (Å²) >= 11 is 0. The Bertz CT molecular complexity index is 704. The van der Waals surface area contributed by atoms with Gasteiger partial charge < -0.3 is 14.2 Å². The van der Waals surface area contributed by atoms with E-state index in [0.717, 1.165) is 22.7 Å². The van der Waals surface area contributed by atoms with Crippen molar-refractivity contribution in [1.29, 1.82) is 0 Å². The van der Waals surface area contributed by atoms with Gasteiger partial charge in [-0.05, 0) is 24.3 Å². The summed E-state index contributed by atoms with van der Waals surface area (Å²) in [5, 5.41) is 9.49. The van der Waals surface area contributed by atoms with E-state index in [1.54, 1.807) is 25.3 Å². The molecule has 0 aliphatic carbocycles. The second-order valence-electron chi connectivity index (χ2n) is 3.98. The molecule has 0 bridgehead atoms. The molecule has 18 heavy (non-hydrogen) atoms. The predicted octanol–water partition coefficient (Wildman–Crippen LogP) is 2.72. The minimum absolute atomic E-state index is 0.233. The first kappa shape index (κ1) is 10.7. The van der Waals surface area contributed by atoms with E-state index in [4.69, 9.17) is 4.74 Å². The van der Waals surface area contributed by atoms with Crippen molar-refractivity contribution >= 4 is 5.65 Å². The van der Waals surface area contributed by atoms with Crippen molar-refractivity contribution in [1.82, 2.24) is 9.38 Å². The van der Waals surface area contributed by atoms with E-state index < -0.39 is 0 Å². The molecule has 4 heteroatoms. The molecular weight excluding hydrogens is 228 g/mol. The minimum Gasteiger partial charge on any atom is -0.508 e. The number of aromatic hydroxyl groups is 1. The van der Waals surface area contributed by atoms with Gasteiger partial charge in [-0.3, -0.25) is 0 Å². The van der Waals surface area contributed by atoms with E-state index >= 15 is 0 Å². The van der Waals surface area contributed by atoms with Gasteiger partial charge in [0.2, 0.25) is 0 Å². The number of nitrogens with zero attached hydrogens (tertiary/aromatic N) is 2. The number of aromatic nitrogens is 2. The molecule has 3 aromatic rings. The highest BCUT2D eigenvalue weighted by molar-refractivity contribution is 5.66. The van der Waals surface area contributed by atoms with Crippen molar-refractivity contribution in [3.8, 4) is 22.8 Å². The van der Waals surface area contributed by atoms with E-state index in [1.807, 2.05) is 35.0 Å². The quantitative estimate of drug-likeness (QED) is 0.749. The third-order valence-electron chi connectivity index (χ3n) is 2.81. The van der Waals surface area contributed by atoms with Crippen LogP contribution in [0.15, 0.2) is 48.8 Å². The van der Waals surface area contributed by atoms with Gasteiger partial charge in [-0.1, -0.05) is 12.1 Å². The summed E-state index contributed by atoms with van der Waals surface area (Å²) in [6, 6.07) is 10.8. The van der Waals surface area contributed by atoms with E-state index in [1.165, 1.54) is 0 Å². The van der Waals surface area contributed by atoms with Crippen molar-refractivity contribution in [2.75, 3.05) is 7.11 Å². The molecule has 1 aromatic carbocycles. The van der Waals surface area contributed by atoms with Gasteiger partial charge >= 0.3 is 0 Å². The fourth-order valence-electron chi connectivity index (χ4n) is 1.95. The second kappa shape index (κ2) is 4.07. The highest BCUT2D eigenvalue weighted by Crippen LogP contribution is 2.25. The van der Waals surface area contributed by atoms with Crippen molar-refractivity contribution in [3.63, 3.8) is 0 Å². The van der Waals surface area contributed by atoms with Crippen molar-refractivity contribution in [2.45, 2.75) is 0 Å². The van der Waals surface area contributed by atoms with Gasteiger partial charge in [0.25, 0.3) is 0 Å². The highest BCUT2D eigenvalue weighted by Gasteiger charge is 2.08. The van der Waals surface area contributed by atoms with Gasteiger partial charge in [0.1, 0.15) is 5.75 Å². The van der Waals surface area contributed by atoms with Crippen molar-refractivity contribution in [3.05, 3.63) is 48.8 Å². The van der Waals surface area contributed by atoms with Gasteiger partial charge in [-0.2, -0.15) is 0 Å². The summed E-state index contributed by atoms with van der Waals surface area (Å²) in [5.74, 6) is 0.959. The lowest BCUT2D eigenvalue weighted by Crippen LogP contribution is -1.88. The zero-order chi connectivity index (χ0) is 12.5. The maximum atomic E-state index is 9.49. The van der Waals surface area contributed by atoms with E-state index in [9.17, 15) is 5.11 Å². The lowest BCUT2D eigenvalue weighted by atomic mass is 10.1. The molecule has 0 saturated carbocycles. The fraction of sp³-hybridized carbons (Fsp3) is 0.0714. The number of pyridine rings is 1. The Kier molecular flexibility index (Phi) is 2.41. The maximum absolute atomic E-state index is 9.49. The van der Waals surface area contributed by atoms with Crippen LogP contribution in [0.4, 0.5) is 0 Å². The molecule has 0 atom stereocenters. The molecule has 0 unspecified atom stereocenters. The fourth-order valence-corrected chi connectivity index (χ4v) is 1.95. The molecule has 1 N–H and O–H groups in total. The molecule has 90 valence electrons. The summed E-state index contributed by atoms with van der Waals surface area (Å²) in [5.41, 5.74) is 2.44. The molecule has 0 spiro atoms. The minimum atomic E-state index is 0.233. The van der Waals surface area contributed by atoms with Gasteiger partial charge in [0.15, 0.2) is 11.4 Å². The Morgan fingerprint density at radius 2 is 2.11 bits per heavy atom. The van der Waals surface area contributed by atoms with Gasteiger partial charge in [0.05, 0.1) is 12.8 Å². The number of rotatable bonds is 2. The second-order valence-corrected chi connectivity index (χ2v) is 3.98. The van der Waals surface area contributed by atoms with E-state index in [2.05, 4.69) is 4.98 Å². The normalized spacial score (nSPS) is 10.7. The third kappa shape index (κ3) is 1.68. The zero-order valence-corrected chi connectivity index (χ0v) is 9.87. The Hall–Kier alpha value is -2.49. The molecule has 0 saturated heterocycles. The predicted molar refractivity (Wildman–Crippen MR) is 68.8 cm³/mol. The number of phenolic OH excluding ortho intramolecular Hbond substituents is 1. The molecular formula is C14H12N2O2. The largest absolute Gasteiger partial charge is 0.508 e. The molecule has 4 nitrogen and oxygen atoms in total. The molecule has 0 fully saturated rings. The summed E-state index contributed by atoms with van der Waals surface area (Å²) < 4.78 is 7.17. The van der Waals surface area contributed by atoms with Crippen LogP contribution in [0, 0.1) is 0 Å². The number of fused-ring (bicyclic) bond motifs is 1. The number of hydrogen-bond acceptors (Lipinski definition) is 3. The molecule has 2 aromatic heterocycles. The first-order valence-electron chi connectivity index (χ1n) is 5.59. The van der Waals surface area contributed by atoms with Gasteiger partial charge in [-0.25, -0.2) is 4.98 Å². The van der Waals surface area contributed by atoms with Gasteiger partial charge in [0, 0.05) is 18.0 Å². The van der Waals surface area contributed by atoms with Crippen LogP contribution in [0.2, 0.25) is 0 Å². The summed E-state index contributed by atoms with van der Waals surface area (Å²) in [7, 11) is 1.62. The third-order valence-corrected chi connectivity index (χ3v) is 2.81. The molecule has 0 aliphatic rings. The molecule has 0 aliphatic heterocycles. The molecule has 0 amide bonds. The number of benzene rings is 1. The SMILES string of the molecule is COc1cccn2cc(-c3cccc(O)c3)nc12. The van der Waals surface area contributed by atoms with Crippen LogP contribution in [0.5, 0.6) is 11.5 Å². The Morgan fingerprint density at radius 3 is 2.89 bits per heavy atom. The monoisotopic (exact) mass is 240 g/mol. The Labute approximate surface area is 104 Å². The van der Waals surface area contributed by atoms with Crippen LogP contribution in [-0.2, 0) is 0 Å². The number of hydrogen-bond donors (Lipinski definition) is 1. The summed E-state index contributed by atoms with van der Waals surface area (Å²) in [4.78, 5) is 4.52. The van der Waals surface area contributed by atoms with Crippen molar-refractivity contribution < 1.29 is 9.84 Å². The van der Waals surface area contributed by atoms with Crippen LogP contribution >= 0.6 is 0 Å². The number of ether oxygens (including phenoxy) is 1. The first-order valence-corrected chi connectivity index (χ1v) is 5.59. The van der Waals surface area contributed by atoms with E-state index in [0.29, 0.717) is 0 Å². The van der Waals surface area contributed by atoms with Crippen LogP contribution in [-0.4, -0.2) is 21.6 Å². The number of phenols is 1. The van der Waals surface area contributed by atoms with Crippen molar-refractivity contribution in [2.24, 2.45) is 0 Å². The number of imidazole rings is 1. The van der Waals surface area contributed by atoms with Crippen LogP contribution in [0.3, 0.4) is 0 Å². The Morgan fingerprint density at radius 1 is 1.22 bits per heavy atom. The molecule has 0 radical (unpaired) electrons. The summed E-state index contributed by atoms with van der Waals surface area (Å²) in [6.07, 6.45) is 3.82. The average molecular weight is 240 g/mol. The average Bonchev–Trinajstić information content (AvgIpc) is 2.82. The first-order chi connectivity index (χ1) is 8.78. The standard InChI is InChI=1S/C14H12N2O2/c1-18-13-6-3-7-16-9-12(15-14(13)16)10-4-2-5-11(17)8-10/h2-9,17H,1H3. The molecule has 2 heterocycles. The van der Waals surface area contributed by atoms with Crippen LogP contribution < -0.4 is 4.74 Å².